The van der Waals surface area contributed by atoms with Crippen LogP contribution in [0.1, 0.15) is 30.1 Å². The largest absolute Gasteiger partial charge is 0.381 e. The predicted octanol–water partition coefficient (Wildman–Crippen LogP) is 2.01. The fourth-order valence-electron chi connectivity index (χ4n) is 2.43. The van der Waals surface area contributed by atoms with Gasteiger partial charge in [0.1, 0.15) is 5.82 Å². The van der Waals surface area contributed by atoms with Gasteiger partial charge in [-0.3, -0.25) is 4.79 Å². The molecule has 1 aliphatic heterocycles. The van der Waals surface area contributed by atoms with Crippen molar-refractivity contribution in [3.63, 3.8) is 0 Å². The fourth-order valence-corrected chi connectivity index (χ4v) is 2.43. The molecule has 1 aromatic heterocycles. The van der Waals surface area contributed by atoms with Crippen LogP contribution in [-0.4, -0.2) is 49.1 Å². The lowest BCUT2D eigenvalue weighted by Gasteiger charge is -2.27. The fraction of sp³-hybridized carbons (Fsp3) is 0.600. The smallest absolute Gasteiger partial charge is 0.255 e. The van der Waals surface area contributed by atoms with Crippen molar-refractivity contribution in [3.8, 4) is 0 Å². The Bertz CT molecular complexity index is 427. The number of hydrogen-bond acceptors (Lipinski definition) is 4. The molecule has 5 nitrogen and oxygen atoms in total. The third kappa shape index (κ3) is 3.93. The molecule has 110 valence electrons. The summed E-state index contributed by atoms with van der Waals surface area (Å²) in [5.74, 6) is 1.38. The van der Waals surface area contributed by atoms with Gasteiger partial charge in [-0.1, -0.05) is 0 Å². The Labute approximate surface area is 120 Å². The van der Waals surface area contributed by atoms with Gasteiger partial charge in [-0.2, -0.15) is 0 Å². The topological polar surface area (TPSA) is 54.5 Å². The highest BCUT2D eigenvalue weighted by molar-refractivity contribution is 5.93. The van der Waals surface area contributed by atoms with Crippen molar-refractivity contribution in [1.82, 2.24) is 9.88 Å². The molecule has 0 spiro atoms. The second-order valence-electron chi connectivity index (χ2n) is 5.20. The second kappa shape index (κ2) is 7.24. The van der Waals surface area contributed by atoms with E-state index in [1.807, 2.05) is 26.1 Å². The molecule has 2 rings (SSSR count). The van der Waals surface area contributed by atoms with Gasteiger partial charge in [-0.05, 0) is 37.8 Å². The van der Waals surface area contributed by atoms with Crippen molar-refractivity contribution in [2.45, 2.75) is 19.8 Å². The highest BCUT2D eigenvalue weighted by Crippen LogP contribution is 2.16. The van der Waals surface area contributed by atoms with Gasteiger partial charge in [0.05, 0.1) is 5.56 Å². The lowest BCUT2D eigenvalue weighted by atomic mass is 10.00. The predicted molar refractivity (Wildman–Crippen MR) is 78.9 cm³/mol. The molecule has 2 heterocycles. The van der Waals surface area contributed by atoms with Crippen LogP contribution in [0.5, 0.6) is 0 Å². The van der Waals surface area contributed by atoms with Crippen LogP contribution in [0, 0.1) is 5.92 Å². The Morgan fingerprint density at radius 1 is 1.45 bits per heavy atom. The number of nitrogens with one attached hydrogen (secondary N) is 1. The molecule has 0 radical (unpaired) electrons. The molecule has 1 aliphatic rings. The van der Waals surface area contributed by atoms with Crippen LogP contribution in [-0.2, 0) is 4.74 Å². The normalized spacial score (nSPS) is 15.9. The van der Waals surface area contributed by atoms with Crippen LogP contribution < -0.4 is 5.32 Å². The van der Waals surface area contributed by atoms with Crippen LogP contribution in [0.3, 0.4) is 0 Å². The minimum absolute atomic E-state index is 0.0343. The van der Waals surface area contributed by atoms with Gasteiger partial charge in [0.25, 0.3) is 5.91 Å². The van der Waals surface area contributed by atoms with Gasteiger partial charge in [-0.15, -0.1) is 0 Å². The lowest BCUT2D eigenvalue weighted by molar-refractivity contribution is 0.0497. The minimum Gasteiger partial charge on any atom is -0.381 e. The van der Waals surface area contributed by atoms with Gasteiger partial charge in [0.2, 0.25) is 0 Å². The summed E-state index contributed by atoms with van der Waals surface area (Å²) in [7, 11) is 1.86. The first-order valence-corrected chi connectivity index (χ1v) is 7.24. The molecular formula is C15H23N3O2. The maximum Gasteiger partial charge on any atom is 0.255 e. The lowest BCUT2D eigenvalue weighted by Crippen LogP contribution is -2.34. The third-order valence-corrected chi connectivity index (χ3v) is 3.59. The van der Waals surface area contributed by atoms with E-state index in [1.165, 1.54) is 0 Å². The molecule has 1 aromatic rings. The van der Waals surface area contributed by atoms with E-state index >= 15 is 0 Å². The number of anilines is 1. The number of hydrogen-bond donors (Lipinski definition) is 1. The van der Waals surface area contributed by atoms with Crippen LogP contribution in [0.2, 0.25) is 0 Å². The molecule has 0 bridgehead atoms. The van der Waals surface area contributed by atoms with Crippen molar-refractivity contribution < 1.29 is 9.53 Å². The average Bonchev–Trinajstić information content (AvgIpc) is 2.48. The highest BCUT2D eigenvalue weighted by atomic mass is 16.5. The summed E-state index contributed by atoms with van der Waals surface area (Å²) >= 11 is 0. The van der Waals surface area contributed by atoms with E-state index in [2.05, 4.69) is 10.3 Å². The van der Waals surface area contributed by atoms with Gasteiger partial charge in [-0.25, -0.2) is 4.98 Å². The standard InChI is InChI=1S/C15H23N3O2/c1-3-16-14-5-4-13(10-17-14)15(19)18(2)11-12-6-8-20-9-7-12/h4-5,10,12H,3,6-9,11H2,1-2H3,(H,16,17). The first-order valence-electron chi connectivity index (χ1n) is 7.24. The first kappa shape index (κ1) is 14.8. The van der Waals surface area contributed by atoms with Crippen LogP contribution in [0.4, 0.5) is 5.82 Å². The summed E-state index contributed by atoms with van der Waals surface area (Å²) in [6.07, 6.45) is 3.71. The Kier molecular flexibility index (Phi) is 5.35. The molecule has 0 atom stereocenters. The number of ether oxygens (including phenoxy) is 1. The molecule has 0 aliphatic carbocycles. The van der Waals surface area contributed by atoms with E-state index in [-0.39, 0.29) is 5.91 Å². The number of nitrogens with zero attached hydrogens (tertiary/aromatic N) is 2. The summed E-state index contributed by atoms with van der Waals surface area (Å²) in [5, 5.41) is 3.12. The molecular weight excluding hydrogens is 254 g/mol. The Morgan fingerprint density at radius 3 is 2.80 bits per heavy atom. The zero-order valence-corrected chi connectivity index (χ0v) is 12.3. The second-order valence-corrected chi connectivity index (χ2v) is 5.20. The molecule has 20 heavy (non-hydrogen) atoms. The number of carbonyl (C=O) groups is 1. The van der Waals surface area contributed by atoms with E-state index in [0.29, 0.717) is 11.5 Å². The highest BCUT2D eigenvalue weighted by Gasteiger charge is 2.19. The van der Waals surface area contributed by atoms with E-state index in [4.69, 9.17) is 4.74 Å². The molecule has 0 saturated carbocycles. The monoisotopic (exact) mass is 277 g/mol. The van der Waals surface area contributed by atoms with Crippen LogP contribution in [0.25, 0.3) is 0 Å². The van der Waals surface area contributed by atoms with Crippen molar-refractivity contribution in [1.29, 1.82) is 0 Å². The van der Waals surface area contributed by atoms with Crippen LogP contribution in [0.15, 0.2) is 18.3 Å². The Hall–Kier alpha value is -1.62. The number of amides is 1. The summed E-state index contributed by atoms with van der Waals surface area (Å²) in [6.45, 7) is 5.25. The zero-order valence-electron chi connectivity index (χ0n) is 12.3. The summed E-state index contributed by atoms with van der Waals surface area (Å²) < 4.78 is 5.34. The molecule has 1 saturated heterocycles. The first-order chi connectivity index (χ1) is 9.70. The summed E-state index contributed by atoms with van der Waals surface area (Å²) in [4.78, 5) is 18.4. The third-order valence-electron chi connectivity index (χ3n) is 3.59. The molecule has 0 aromatic carbocycles. The van der Waals surface area contributed by atoms with Gasteiger partial charge >= 0.3 is 0 Å². The maximum absolute atomic E-state index is 12.3. The van der Waals surface area contributed by atoms with Gasteiger partial charge in [0, 0.05) is 39.5 Å². The van der Waals surface area contributed by atoms with Gasteiger partial charge < -0.3 is 15.0 Å². The molecule has 0 unspecified atom stereocenters. The molecule has 1 fully saturated rings. The zero-order chi connectivity index (χ0) is 14.4. The van der Waals surface area contributed by atoms with Crippen molar-refractivity contribution in [3.05, 3.63) is 23.9 Å². The summed E-state index contributed by atoms with van der Waals surface area (Å²) in [5.41, 5.74) is 0.640. The number of rotatable bonds is 5. The number of aromatic nitrogens is 1. The van der Waals surface area contributed by atoms with E-state index in [0.717, 1.165) is 45.0 Å². The maximum atomic E-state index is 12.3. The van der Waals surface area contributed by atoms with Crippen LogP contribution >= 0.6 is 0 Å². The SMILES string of the molecule is CCNc1ccc(C(=O)N(C)CC2CCOCC2)cn1. The van der Waals surface area contributed by atoms with E-state index < -0.39 is 0 Å². The van der Waals surface area contributed by atoms with Crippen molar-refractivity contribution >= 4 is 11.7 Å². The quantitative estimate of drug-likeness (QED) is 0.894. The van der Waals surface area contributed by atoms with Crippen molar-refractivity contribution in [2.75, 3.05) is 38.7 Å². The van der Waals surface area contributed by atoms with Crippen molar-refractivity contribution in [2.24, 2.45) is 5.92 Å². The number of pyridine rings is 1. The Balaban J connectivity index is 1.91. The molecule has 1 amide bonds. The average molecular weight is 277 g/mol. The molecule has 5 heteroatoms. The van der Waals surface area contributed by atoms with Gasteiger partial charge in [0.15, 0.2) is 0 Å². The summed E-state index contributed by atoms with van der Waals surface area (Å²) in [6, 6.07) is 3.67. The minimum atomic E-state index is 0.0343. The number of carbonyl (C=O) groups excluding carboxylic acids is 1. The molecule has 1 N–H and O–H groups in total. The van der Waals surface area contributed by atoms with E-state index in [1.54, 1.807) is 11.1 Å². The Morgan fingerprint density at radius 2 is 2.20 bits per heavy atom. The van der Waals surface area contributed by atoms with E-state index in [9.17, 15) is 4.79 Å².